The van der Waals surface area contributed by atoms with Crippen molar-refractivity contribution in [3.05, 3.63) is 0 Å². The Bertz CT molecular complexity index is 384. The minimum atomic E-state index is -1.14. The highest BCUT2D eigenvalue weighted by atomic mass is 32.2. The molecule has 2 heterocycles. The van der Waals surface area contributed by atoms with Crippen LogP contribution >= 0.6 is 11.8 Å². The standard InChI is InChI=1S/C12H19NO6S/c1-5(14)7(11(15)16)10-13-8(12(17)18)9(20-10)6-3-2-4-19-6/h5-10,13-14H,2-4H2,1H3,(H,15,16)(H,17,18)/t5-,6+,7+,8+,9-,10+/m0/s1. The van der Waals surface area contributed by atoms with E-state index in [-0.39, 0.29) is 11.4 Å². The Kier molecular flexibility index (Phi) is 4.90. The monoisotopic (exact) mass is 305 g/mol. The van der Waals surface area contributed by atoms with Crippen LogP contribution in [-0.2, 0) is 14.3 Å². The Balaban J connectivity index is 2.14. The molecule has 4 N–H and O–H groups in total. The van der Waals surface area contributed by atoms with E-state index in [0.717, 1.165) is 12.8 Å². The van der Waals surface area contributed by atoms with E-state index in [1.165, 1.54) is 18.7 Å². The van der Waals surface area contributed by atoms with Crippen LogP contribution < -0.4 is 5.32 Å². The van der Waals surface area contributed by atoms with E-state index >= 15 is 0 Å². The second kappa shape index (κ2) is 6.30. The molecule has 0 unspecified atom stereocenters. The van der Waals surface area contributed by atoms with Crippen LogP contribution in [0.25, 0.3) is 0 Å². The van der Waals surface area contributed by atoms with Crippen LogP contribution in [0.15, 0.2) is 0 Å². The predicted molar refractivity (Wildman–Crippen MR) is 71.5 cm³/mol. The summed E-state index contributed by atoms with van der Waals surface area (Å²) in [7, 11) is 0. The van der Waals surface area contributed by atoms with Crippen LogP contribution in [-0.4, -0.2) is 62.7 Å². The third kappa shape index (κ3) is 3.08. The molecule has 0 aliphatic carbocycles. The quantitative estimate of drug-likeness (QED) is 0.548. The molecule has 7 nitrogen and oxygen atoms in total. The number of aliphatic hydroxyl groups is 1. The topological polar surface area (TPSA) is 116 Å². The van der Waals surface area contributed by atoms with Gasteiger partial charge in [0.15, 0.2) is 0 Å². The summed E-state index contributed by atoms with van der Waals surface area (Å²) in [6, 6.07) is -0.853. The number of carbonyl (C=O) groups is 2. The minimum absolute atomic E-state index is 0.179. The molecule has 0 bridgehead atoms. The van der Waals surface area contributed by atoms with E-state index in [9.17, 15) is 24.9 Å². The van der Waals surface area contributed by atoms with Gasteiger partial charge in [0.25, 0.3) is 0 Å². The Morgan fingerprint density at radius 1 is 1.40 bits per heavy atom. The third-order valence-corrected chi connectivity index (χ3v) is 5.32. The highest BCUT2D eigenvalue weighted by Gasteiger charge is 2.49. The first-order valence-corrected chi connectivity index (χ1v) is 7.53. The highest BCUT2D eigenvalue weighted by Crippen LogP contribution is 2.38. The molecule has 0 aromatic carbocycles. The number of hydrogen-bond donors (Lipinski definition) is 4. The van der Waals surface area contributed by atoms with Crippen LogP contribution in [0.3, 0.4) is 0 Å². The van der Waals surface area contributed by atoms with Crippen LogP contribution in [0.4, 0.5) is 0 Å². The van der Waals surface area contributed by atoms with Gasteiger partial charge in [-0.1, -0.05) is 0 Å². The van der Waals surface area contributed by atoms with E-state index in [4.69, 9.17) is 4.74 Å². The zero-order chi connectivity index (χ0) is 14.9. The lowest BCUT2D eigenvalue weighted by atomic mass is 10.0. The Hall–Kier alpha value is -0.830. The molecule has 0 saturated carbocycles. The molecule has 2 saturated heterocycles. The van der Waals surface area contributed by atoms with Gasteiger partial charge >= 0.3 is 11.9 Å². The number of ether oxygens (including phenoxy) is 1. The van der Waals surface area contributed by atoms with E-state index < -0.39 is 35.4 Å². The van der Waals surface area contributed by atoms with Gasteiger partial charge in [0.2, 0.25) is 0 Å². The average molecular weight is 305 g/mol. The van der Waals surface area contributed by atoms with Crippen molar-refractivity contribution in [2.75, 3.05) is 6.61 Å². The molecule has 2 aliphatic rings. The average Bonchev–Trinajstić information content (AvgIpc) is 2.94. The second-order valence-corrected chi connectivity index (χ2v) is 6.48. The summed E-state index contributed by atoms with van der Waals surface area (Å²) in [6.45, 7) is 2.01. The van der Waals surface area contributed by atoms with Crippen molar-refractivity contribution in [1.29, 1.82) is 0 Å². The summed E-state index contributed by atoms with van der Waals surface area (Å²) >= 11 is 1.25. The summed E-state index contributed by atoms with van der Waals surface area (Å²) in [6.07, 6.45) is 0.428. The van der Waals surface area contributed by atoms with Crippen LogP contribution in [0.1, 0.15) is 19.8 Å². The minimum Gasteiger partial charge on any atom is -0.481 e. The van der Waals surface area contributed by atoms with Crippen LogP contribution in [0.2, 0.25) is 0 Å². The molecule has 0 amide bonds. The summed E-state index contributed by atoms with van der Waals surface area (Å²) in [5.74, 6) is -3.20. The van der Waals surface area contributed by atoms with Gasteiger partial charge in [-0.3, -0.25) is 14.9 Å². The fraction of sp³-hybridized carbons (Fsp3) is 0.833. The number of nitrogens with one attached hydrogen (secondary N) is 1. The Morgan fingerprint density at radius 3 is 2.55 bits per heavy atom. The summed E-state index contributed by atoms with van der Waals surface area (Å²) < 4.78 is 5.53. The fourth-order valence-corrected chi connectivity index (χ4v) is 4.53. The van der Waals surface area contributed by atoms with E-state index in [2.05, 4.69) is 5.32 Å². The smallest absolute Gasteiger partial charge is 0.321 e. The molecular formula is C12H19NO6S. The summed E-state index contributed by atoms with van der Waals surface area (Å²) in [4.78, 5) is 22.6. The number of aliphatic hydroxyl groups excluding tert-OH is 1. The molecule has 20 heavy (non-hydrogen) atoms. The van der Waals surface area contributed by atoms with E-state index in [1.54, 1.807) is 0 Å². The molecule has 2 rings (SSSR count). The van der Waals surface area contributed by atoms with Crippen molar-refractivity contribution >= 4 is 23.7 Å². The molecule has 2 fully saturated rings. The van der Waals surface area contributed by atoms with Crippen molar-refractivity contribution in [1.82, 2.24) is 5.32 Å². The zero-order valence-electron chi connectivity index (χ0n) is 11.1. The molecule has 2 aliphatic heterocycles. The van der Waals surface area contributed by atoms with Crippen molar-refractivity contribution in [2.45, 2.75) is 48.6 Å². The largest absolute Gasteiger partial charge is 0.481 e. The number of rotatable bonds is 5. The molecule has 0 aromatic heterocycles. The zero-order valence-corrected chi connectivity index (χ0v) is 11.9. The van der Waals surface area contributed by atoms with Gasteiger partial charge in [0, 0.05) is 6.61 Å². The van der Waals surface area contributed by atoms with Gasteiger partial charge in [-0.05, 0) is 19.8 Å². The lowest BCUT2D eigenvalue weighted by Crippen LogP contribution is -2.47. The van der Waals surface area contributed by atoms with Crippen molar-refractivity contribution < 1.29 is 29.6 Å². The maximum atomic E-state index is 11.3. The van der Waals surface area contributed by atoms with Gasteiger partial charge < -0.3 is 20.1 Å². The van der Waals surface area contributed by atoms with Gasteiger partial charge in [0.1, 0.15) is 12.0 Å². The number of thioether (sulfide) groups is 1. The van der Waals surface area contributed by atoms with E-state index in [0.29, 0.717) is 6.61 Å². The van der Waals surface area contributed by atoms with Gasteiger partial charge in [0.05, 0.1) is 22.8 Å². The first-order valence-electron chi connectivity index (χ1n) is 6.58. The molecule has 0 spiro atoms. The number of aliphatic carboxylic acids is 2. The van der Waals surface area contributed by atoms with Crippen LogP contribution in [0.5, 0.6) is 0 Å². The summed E-state index contributed by atoms with van der Waals surface area (Å²) in [5.41, 5.74) is 0. The Morgan fingerprint density at radius 2 is 2.10 bits per heavy atom. The molecule has 0 radical (unpaired) electrons. The summed E-state index contributed by atoms with van der Waals surface area (Å²) in [5, 5.41) is 29.9. The maximum Gasteiger partial charge on any atom is 0.321 e. The first-order chi connectivity index (χ1) is 9.41. The van der Waals surface area contributed by atoms with Crippen LogP contribution in [0, 0.1) is 5.92 Å². The van der Waals surface area contributed by atoms with Crippen molar-refractivity contribution in [3.8, 4) is 0 Å². The molecule has 114 valence electrons. The van der Waals surface area contributed by atoms with Gasteiger partial charge in [-0.2, -0.15) is 0 Å². The second-order valence-electron chi connectivity index (χ2n) is 5.16. The number of carboxylic acids is 2. The maximum absolute atomic E-state index is 11.3. The lowest BCUT2D eigenvalue weighted by molar-refractivity contribution is -0.146. The normalized spacial score (nSPS) is 36.7. The lowest BCUT2D eigenvalue weighted by Gasteiger charge is -2.22. The molecule has 8 heteroatoms. The first kappa shape index (κ1) is 15.6. The number of hydrogen-bond acceptors (Lipinski definition) is 6. The Labute approximate surface area is 120 Å². The molecule has 0 aromatic rings. The highest BCUT2D eigenvalue weighted by molar-refractivity contribution is 8.00. The fourth-order valence-electron chi connectivity index (χ4n) is 2.71. The van der Waals surface area contributed by atoms with Gasteiger partial charge in [-0.25, -0.2) is 0 Å². The SMILES string of the molecule is C[C@H](O)[C@@H](C(=O)O)[C@@H]1N[C@@H](C(=O)O)[C@H]([C@H]2CCCO2)S1. The van der Waals surface area contributed by atoms with Crippen molar-refractivity contribution in [2.24, 2.45) is 5.92 Å². The molecule has 6 atom stereocenters. The predicted octanol–water partition coefficient (Wildman–Crippen LogP) is -0.269. The van der Waals surface area contributed by atoms with Gasteiger partial charge in [-0.15, -0.1) is 11.8 Å². The molecular weight excluding hydrogens is 286 g/mol. The van der Waals surface area contributed by atoms with Crippen molar-refractivity contribution in [3.63, 3.8) is 0 Å². The van der Waals surface area contributed by atoms with E-state index in [1.807, 2.05) is 0 Å². The third-order valence-electron chi connectivity index (χ3n) is 3.70. The number of carboxylic acid groups (broad SMARTS) is 2.